The molecule has 4 rings (SSSR count). The van der Waals surface area contributed by atoms with Gasteiger partial charge < -0.3 is 40.7 Å². The van der Waals surface area contributed by atoms with Gasteiger partial charge in [-0.25, -0.2) is 13.9 Å². The Labute approximate surface area is 346 Å². The third-order valence-electron chi connectivity index (χ3n) is 10.6. The first-order valence-electron chi connectivity index (χ1n) is 20.9. The number of aromatic nitrogens is 2. The summed E-state index contributed by atoms with van der Waals surface area (Å²) in [6.45, 7) is 1.14. The van der Waals surface area contributed by atoms with Crippen molar-refractivity contribution in [2.75, 3.05) is 32.2 Å². The van der Waals surface area contributed by atoms with Crippen LogP contribution in [0.4, 0.5) is 5.69 Å². The lowest BCUT2D eigenvalue weighted by Crippen LogP contribution is -2.42. The van der Waals surface area contributed by atoms with Crippen LogP contribution in [-0.2, 0) is 28.7 Å². The first-order valence-corrected chi connectivity index (χ1v) is 22.4. The number of carbonyl (C=O) groups excluding carboxylic acids is 1. The quantitative estimate of drug-likeness (QED) is 0.0316. The average Bonchev–Trinajstić information content (AvgIpc) is 3.77. The molecule has 7 N–H and O–H groups in total. The Morgan fingerprint density at radius 1 is 0.915 bits per heavy atom. The first-order chi connectivity index (χ1) is 28.4. The third kappa shape index (κ3) is 14.1. The van der Waals surface area contributed by atoms with Crippen molar-refractivity contribution < 1.29 is 52.9 Å². The number of aliphatic hydroxyl groups is 2. The molecule has 1 amide bonds. The number of fused-ring (bicyclic) bond motifs is 1. The SMILES string of the molecule is CCCCCCCCCCCCCCCCCCOC[C@H](COP(=O)(O)OC[C@H]1O[C@@](C#N)(c2ccc3c(N)ccnn23)[C@H](O)[C@@H]1O)NC(=O)c1ccccc1C(=O)O. The van der Waals surface area contributed by atoms with Gasteiger partial charge in [0.2, 0.25) is 5.60 Å². The standard InChI is InChI=1S/C42H62N5O11P/c1-2-3-4-5-6-7-8-9-10-11-12-13-14-15-16-19-26-55-27-31(46-40(50)32-20-17-18-21-33(32)41(51)52)28-56-59(53,54)57-29-36-38(48)39(49)42(30-43,58-36)37-23-22-35-34(44)24-25-45-47(35)37/h17-18,20-25,31,36,38-39,48-49H,2-16,19,26-29,44H2,1H3,(H,46,50)(H,51,52)(H,53,54)/t31-,36-,38-,39-,42+/m1/s1. The second-order valence-corrected chi connectivity index (χ2v) is 16.7. The van der Waals surface area contributed by atoms with Crippen molar-refractivity contribution in [2.24, 2.45) is 0 Å². The monoisotopic (exact) mass is 843 g/mol. The molecule has 1 fully saturated rings. The molecule has 3 aromatic rings. The second kappa shape index (κ2) is 24.4. The number of unbranched alkanes of at least 4 members (excludes halogenated alkanes) is 15. The summed E-state index contributed by atoms with van der Waals surface area (Å²) in [4.78, 5) is 35.6. The van der Waals surface area contributed by atoms with Gasteiger partial charge in [0, 0.05) is 12.8 Å². The van der Waals surface area contributed by atoms with Gasteiger partial charge in [-0.1, -0.05) is 115 Å². The number of nitrogen functional groups attached to an aromatic ring is 1. The zero-order valence-electron chi connectivity index (χ0n) is 34.1. The van der Waals surface area contributed by atoms with Crippen molar-refractivity contribution in [3.8, 4) is 6.07 Å². The molecular formula is C42H62N5O11P. The van der Waals surface area contributed by atoms with Gasteiger partial charge in [-0.05, 0) is 36.8 Å². The van der Waals surface area contributed by atoms with Gasteiger partial charge in [0.05, 0.1) is 53.9 Å². The molecule has 0 bridgehead atoms. The van der Waals surface area contributed by atoms with Gasteiger partial charge in [-0.3, -0.25) is 13.8 Å². The highest BCUT2D eigenvalue weighted by Gasteiger charge is 2.58. The summed E-state index contributed by atoms with van der Waals surface area (Å²) in [6.07, 6.45) is 16.1. The van der Waals surface area contributed by atoms with Gasteiger partial charge >= 0.3 is 13.8 Å². The van der Waals surface area contributed by atoms with Crippen molar-refractivity contribution >= 4 is 30.9 Å². The van der Waals surface area contributed by atoms with Crippen LogP contribution in [0, 0.1) is 11.3 Å². The Hall–Kier alpha value is -3.91. The van der Waals surface area contributed by atoms with E-state index in [1.54, 1.807) is 12.1 Å². The lowest BCUT2D eigenvalue weighted by atomic mass is 9.92. The maximum atomic E-state index is 13.2. The molecule has 1 aromatic carbocycles. The van der Waals surface area contributed by atoms with Crippen LogP contribution in [0.3, 0.4) is 0 Å². The van der Waals surface area contributed by atoms with E-state index in [4.69, 9.17) is 24.3 Å². The number of carboxylic acids is 1. The molecule has 16 nitrogen and oxygen atoms in total. The summed E-state index contributed by atoms with van der Waals surface area (Å²) in [5.41, 5.74) is 4.37. The van der Waals surface area contributed by atoms with Crippen molar-refractivity contribution in [3.05, 3.63) is 65.5 Å². The third-order valence-corrected chi connectivity index (χ3v) is 11.6. The van der Waals surface area contributed by atoms with Gasteiger partial charge in [0.25, 0.3) is 5.91 Å². The van der Waals surface area contributed by atoms with E-state index in [-0.39, 0.29) is 23.4 Å². The molecule has 1 saturated heterocycles. The van der Waals surface area contributed by atoms with Crippen molar-refractivity contribution in [1.82, 2.24) is 14.9 Å². The molecular weight excluding hydrogens is 781 g/mol. The highest BCUT2D eigenvalue weighted by Crippen LogP contribution is 2.46. The number of ether oxygens (including phenoxy) is 2. The summed E-state index contributed by atoms with van der Waals surface area (Å²) < 4.78 is 36.4. The minimum absolute atomic E-state index is 0.0717. The zero-order valence-corrected chi connectivity index (χ0v) is 35.0. The zero-order chi connectivity index (χ0) is 42.7. The van der Waals surface area contributed by atoms with Crippen LogP contribution in [0.5, 0.6) is 0 Å². The van der Waals surface area contributed by atoms with Gasteiger partial charge in [-0.15, -0.1) is 0 Å². The molecule has 3 heterocycles. The topological polar surface area (TPSA) is 248 Å². The highest BCUT2D eigenvalue weighted by molar-refractivity contribution is 7.47. The molecule has 59 heavy (non-hydrogen) atoms. The number of rotatable bonds is 29. The summed E-state index contributed by atoms with van der Waals surface area (Å²) in [7, 11) is -4.91. The number of phosphoric acid groups is 1. The van der Waals surface area contributed by atoms with Gasteiger partial charge in [0.1, 0.15) is 24.4 Å². The molecule has 0 aliphatic carbocycles. The summed E-state index contributed by atoms with van der Waals surface area (Å²) >= 11 is 0. The van der Waals surface area contributed by atoms with Crippen molar-refractivity contribution in [2.45, 2.75) is 140 Å². The molecule has 0 radical (unpaired) electrons. The van der Waals surface area contributed by atoms with E-state index in [1.165, 1.54) is 118 Å². The number of amides is 1. The van der Waals surface area contributed by atoms with E-state index in [0.29, 0.717) is 17.8 Å². The highest BCUT2D eigenvalue weighted by atomic mass is 31.2. The van der Waals surface area contributed by atoms with Crippen LogP contribution in [0.15, 0.2) is 48.7 Å². The van der Waals surface area contributed by atoms with E-state index < -0.39 is 62.9 Å². The number of nitrogens with zero attached hydrogens (tertiary/aromatic N) is 3. The number of hydrogen-bond acceptors (Lipinski definition) is 12. The Morgan fingerprint density at radius 3 is 2.10 bits per heavy atom. The molecule has 6 atom stereocenters. The van der Waals surface area contributed by atoms with Gasteiger partial charge in [-0.2, -0.15) is 10.4 Å². The number of aliphatic hydroxyl groups excluding tert-OH is 2. The van der Waals surface area contributed by atoms with E-state index in [2.05, 4.69) is 17.3 Å². The summed E-state index contributed by atoms with van der Waals surface area (Å²) in [5.74, 6) is -2.06. The van der Waals surface area contributed by atoms with Gasteiger partial charge in [0.15, 0.2) is 0 Å². The maximum Gasteiger partial charge on any atom is 0.472 e. The number of benzene rings is 1. The van der Waals surface area contributed by atoms with Crippen LogP contribution in [0.1, 0.15) is 136 Å². The Bertz CT molecular complexity index is 1850. The maximum absolute atomic E-state index is 13.2. The van der Waals surface area contributed by atoms with E-state index in [0.717, 1.165) is 25.7 Å². The van der Waals surface area contributed by atoms with Crippen LogP contribution >= 0.6 is 7.82 Å². The number of nitrogens with two attached hydrogens (primary N) is 1. The van der Waals surface area contributed by atoms with Crippen molar-refractivity contribution in [3.63, 3.8) is 0 Å². The summed E-state index contributed by atoms with van der Waals surface area (Å²) in [5, 5.41) is 48.4. The summed E-state index contributed by atoms with van der Waals surface area (Å²) in [6, 6.07) is 11.1. The lowest BCUT2D eigenvalue weighted by molar-refractivity contribution is -0.0645. The number of anilines is 1. The molecule has 2 aromatic heterocycles. The number of hydrogen-bond donors (Lipinski definition) is 6. The fourth-order valence-electron chi connectivity index (χ4n) is 7.26. The smallest absolute Gasteiger partial charge is 0.472 e. The second-order valence-electron chi connectivity index (χ2n) is 15.2. The minimum atomic E-state index is -4.91. The number of nitriles is 1. The predicted molar refractivity (Wildman–Crippen MR) is 221 cm³/mol. The normalized spacial score (nSPS) is 20.6. The largest absolute Gasteiger partial charge is 0.478 e. The number of nitrogens with one attached hydrogen (secondary N) is 1. The van der Waals surface area contributed by atoms with E-state index in [9.17, 15) is 39.6 Å². The number of phosphoric ester groups is 1. The molecule has 17 heteroatoms. The molecule has 326 valence electrons. The lowest BCUT2D eigenvalue weighted by Gasteiger charge is -2.24. The fourth-order valence-corrected chi connectivity index (χ4v) is 8.04. The minimum Gasteiger partial charge on any atom is -0.478 e. The van der Waals surface area contributed by atoms with Crippen LogP contribution in [0.25, 0.3) is 5.52 Å². The number of aromatic carboxylic acids is 1. The Morgan fingerprint density at radius 2 is 1.51 bits per heavy atom. The van der Waals surface area contributed by atoms with Crippen LogP contribution in [-0.4, -0.2) is 92.5 Å². The molecule has 0 spiro atoms. The average molecular weight is 844 g/mol. The Kier molecular flexibility index (Phi) is 19.7. The number of carbonyl (C=O) groups is 2. The number of carboxylic acid groups (broad SMARTS) is 1. The fraction of sp³-hybridized carbons (Fsp3) is 0.619. The molecule has 1 aliphatic rings. The molecule has 1 unspecified atom stereocenters. The van der Waals surface area contributed by atoms with E-state index >= 15 is 0 Å². The van der Waals surface area contributed by atoms with Crippen LogP contribution in [0.2, 0.25) is 0 Å². The van der Waals surface area contributed by atoms with E-state index in [1.807, 2.05) is 6.07 Å². The first kappa shape index (κ1) is 47.8. The van der Waals surface area contributed by atoms with Crippen LogP contribution < -0.4 is 11.1 Å². The molecule has 1 aliphatic heterocycles. The predicted octanol–water partition coefficient (Wildman–Crippen LogP) is 6.66. The molecule has 0 saturated carbocycles. The Balaban J connectivity index is 1.23. The van der Waals surface area contributed by atoms with Crippen molar-refractivity contribution in [1.29, 1.82) is 5.26 Å².